The smallest absolute Gasteiger partial charge is 0.407 e. The number of benzene rings is 2. The lowest BCUT2D eigenvalue weighted by atomic mass is 9.98. The summed E-state index contributed by atoms with van der Waals surface area (Å²) >= 11 is 0. The molecule has 0 aromatic heterocycles. The molecule has 1 heterocycles. The van der Waals surface area contributed by atoms with Crippen LogP contribution in [-0.4, -0.2) is 53.2 Å². The molecule has 7 nitrogen and oxygen atoms in total. The van der Waals surface area contributed by atoms with Gasteiger partial charge in [0.25, 0.3) is 0 Å². The number of ether oxygens (including phenoxy) is 1. The predicted octanol–water partition coefficient (Wildman–Crippen LogP) is 3.77. The molecule has 2 atom stereocenters. The van der Waals surface area contributed by atoms with Crippen molar-refractivity contribution in [1.82, 2.24) is 10.2 Å². The van der Waals surface area contributed by atoms with Gasteiger partial charge in [-0.15, -0.1) is 0 Å². The highest BCUT2D eigenvalue weighted by molar-refractivity contribution is 5.89. The fourth-order valence-electron chi connectivity index (χ4n) is 4.82. The molecule has 1 saturated heterocycles. The number of fused-ring (bicyclic) bond motifs is 3. The van der Waals surface area contributed by atoms with Crippen molar-refractivity contribution in [2.75, 3.05) is 13.2 Å². The summed E-state index contributed by atoms with van der Waals surface area (Å²) in [5, 5.41) is 12.1. The van der Waals surface area contributed by atoms with Crippen LogP contribution in [-0.2, 0) is 14.3 Å². The zero-order valence-electron chi connectivity index (χ0n) is 18.1. The Kier molecular flexibility index (Phi) is 6.44. The largest absolute Gasteiger partial charge is 0.480 e. The number of carbonyl (C=O) groups excluding carboxylic acids is 2. The second kappa shape index (κ2) is 9.42. The van der Waals surface area contributed by atoms with E-state index in [4.69, 9.17) is 4.74 Å². The van der Waals surface area contributed by atoms with Crippen LogP contribution in [0.5, 0.6) is 0 Å². The van der Waals surface area contributed by atoms with E-state index in [2.05, 4.69) is 17.4 Å². The van der Waals surface area contributed by atoms with Gasteiger partial charge in [0, 0.05) is 12.5 Å². The highest BCUT2D eigenvalue weighted by Crippen LogP contribution is 2.44. The SMILES string of the molecule is CCCC(NC(=O)OCC1c2ccccc2-c2ccccc21)C(=O)N1CCC[C@H]1C(=O)O. The lowest BCUT2D eigenvalue weighted by Gasteiger charge is -2.27. The number of amides is 2. The van der Waals surface area contributed by atoms with Gasteiger partial charge in [0.15, 0.2) is 0 Å². The second-order valence-electron chi connectivity index (χ2n) is 8.34. The summed E-state index contributed by atoms with van der Waals surface area (Å²) in [5.74, 6) is -1.43. The number of rotatable bonds is 7. The highest BCUT2D eigenvalue weighted by atomic mass is 16.5. The fraction of sp³-hybridized carbons (Fsp3) is 0.400. The van der Waals surface area contributed by atoms with E-state index < -0.39 is 24.1 Å². The molecule has 2 aliphatic rings. The summed E-state index contributed by atoms with van der Waals surface area (Å²) < 4.78 is 5.57. The van der Waals surface area contributed by atoms with Crippen molar-refractivity contribution in [1.29, 1.82) is 0 Å². The van der Waals surface area contributed by atoms with E-state index in [-0.39, 0.29) is 18.4 Å². The van der Waals surface area contributed by atoms with Crippen LogP contribution in [0.25, 0.3) is 11.1 Å². The van der Waals surface area contributed by atoms with Crippen LogP contribution in [0.3, 0.4) is 0 Å². The van der Waals surface area contributed by atoms with Crippen molar-refractivity contribution in [3.8, 4) is 11.1 Å². The van der Waals surface area contributed by atoms with E-state index in [0.717, 1.165) is 22.3 Å². The molecule has 168 valence electrons. The Balaban J connectivity index is 1.42. The molecule has 2 amide bonds. The first kappa shape index (κ1) is 21.9. The highest BCUT2D eigenvalue weighted by Gasteiger charge is 2.37. The Hall–Kier alpha value is -3.35. The van der Waals surface area contributed by atoms with Gasteiger partial charge in [-0.25, -0.2) is 9.59 Å². The molecule has 4 rings (SSSR count). The molecule has 0 radical (unpaired) electrons. The Morgan fingerprint density at radius 2 is 1.72 bits per heavy atom. The maximum Gasteiger partial charge on any atom is 0.407 e. The summed E-state index contributed by atoms with van der Waals surface area (Å²) in [5.41, 5.74) is 4.52. The molecule has 2 aromatic carbocycles. The van der Waals surface area contributed by atoms with E-state index >= 15 is 0 Å². The number of nitrogens with zero attached hydrogens (tertiary/aromatic N) is 1. The van der Waals surface area contributed by atoms with Crippen LogP contribution in [0.4, 0.5) is 4.79 Å². The van der Waals surface area contributed by atoms with Gasteiger partial charge in [0.1, 0.15) is 18.7 Å². The molecule has 1 aliphatic heterocycles. The van der Waals surface area contributed by atoms with Crippen LogP contribution >= 0.6 is 0 Å². The van der Waals surface area contributed by atoms with Gasteiger partial charge < -0.3 is 20.1 Å². The van der Waals surface area contributed by atoms with E-state index in [1.807, 2.05) is 43.3 Å². The van der Waals surface area contributed by atoms with E-state index in [0.29, 0.717) is 32.2 Å². The van der Waals surface area contributed by atoms with Crippen LogP contribution < -0.4 is 5.32 Å². The number of carbonyl (C=O) groups is 3. The van der Waals surface area contributed by atoms with Crippen molar-refractivity contribution in [2.24, 2.45) is 0 Å². The quantitative estimate of drug-likeness (QED) is 0.689. The Morgan fingerprint density at radius 1 is 1.09 bits per heavy atom. The lowest BCUT2D eigenvalue weighted by molar-refractivity contribution is -0.149. The van der Waals surface area contributed by atoms with Crippen LogP contribution in [0, 0.1) is 0 Å². The second-order valence-corrected chi connectivity index (χ2v) is 8.34. The minimum atomic E-state index is -1.01. The molecule has 0 spiro atoms. The Morgan fingerprint density at radius 3 is 2.31 bits per heavy atom. The van der Waals surface area contributed by atoms with Crippen molar-refractivity contribution in [3.63, 3.8) is 0 Å². The van der Waals surface area contributed by atoms with E-state index in [1.165, 1.54) is 4.90 Å². The Labute approximate surface area is 187 Å². The molecule has 1 aliphatic carbocycles. The van der Waals surface area contributed by atoms with E-state index in [9.17, 15) is 19.5 Å². The third kappa shape index (κ3) is 4.20. The molecule has 1 fully saturated rings. The summed E-state index contributed by atoms with van der Waals surface area (Å²) in [7, 11) is 0. The van der Waals surface area contributed by atoms with Gasteiger partial charge in [-0.3, -0.25) is 4.79 Å². The number of aliphatic carboxylic acids is 1. The van der Waals surface area contributed by atoms with Crippen LogP contribution in [0.1, 0.15) is 49.7 Å². The predicted molar refractivity (Wildman–Crippen MR) is 119 cm³/mol. The average molecular weight is 437 g/mol. The van der Waals surface area contributed by atoms with Crippen LogP contribution in [0.2, 0.25) is 0 Å². The third-order valence-corrected chi connectivity index (χ3v) is 6.33. The number of hydrogen-bond donors (Lipinski definition) is 2. The monoisotopic (exact) mass is 436 g/mol. The fourth-order valence-corrected chi connectivity index (χ4v) is 4.82. The maximum absolute atomic E-state index is 13.0. The number of alkyl carbamates (subject to hydrolysis) is 1. The third-order valence-electron chi connectivity index (χ3n) is 6.33. The van der Waals surface area contributed by atoms with Crippen molar-refractivity contribution < 1.29 is 24.2 Å². The number of likely N-dealkylation sites (tertiary alicyclic amines) is 1. The summed E-state index contributed by atoms with van der Waals surface area (Å²) in [6.07, 6.45) is 1.51. The molecule has 0 saturated carbocycles. The molecule has 32 heavy (non-hydrogen) atoms. The molecule has 1 unspecified atom stereocenters. The lowest BCUT2D eigenvalue weighted by Crippen LogP contribution is -2.51. The van der Waals surface area contributed by atoms with Gasteiger partial charge >= 0.3 is 12.1 Å². The van der Waals surface area contributed by atoms with Gasteiger partial charge in [-0.1, -0.05) is 61.9 Å². The van der Waals surface area contributed by atoms with Gasteiger partial charge in [0.05, 0.1) is 0 Å². The molecular weight excluding hydrogens is 408 g/mol. The number of hydrogen-bond acceptors (Lipinski definition) is 4. The first-order valence-electron chi connectivity index (χ1n) is 11.2. The molecule has 0 bridgehead atoms. The first-order valence-corrected chi connectivity index (χ1v) is 11.2. The van der Waals surface area contributed by atoms with Crippen molar-refractivity contribution in [2.45, 2.75) is 50.6 Å². The number of carboxylic acid groups (broad SMARTS) is 1. The molecule has 2 N–H and O–H groups in total. The van der Waals surface area contributed by atoms with Gasteiger partial charge in [-0.05, 0) is 41.5 Å². The van der Waals surface area contributed by atoms with Crippen LogP contribution in [0.15, 0.2) is 48.5 Å². The standard InChI is InChI=1S/C25H28N2O5/c1-2-8-21(23(28)27-14-7-13-22(27)24(29)30)26-25(31)32-15-20-18-11-5-3-9-16(18)17-10-4-6-12-19(17)20/h3-6,9-12,20-22H,2,7-8,13-15H2,1H3,(H,26,31)(H,29,30)/t21?,22-/m0/s1. The topological polar surface area (TPSA) is 95.9 Å². The molecule has 7 heteroatoms. The zero-order chi connectivity index (χ0) is 22.7. The minimum absolute atomic E-state index is 0.0663. The van der Waals surface area contributed by atoms with Crippen molar-refractivity contribution >= 4 is 18.0 Å². The molecule has 2 aromatic rings. The Bertz CT molecular complexity index is 975. The van der Waals surface area contributed by atoms with Crippen molar-refractivity contribution in [3.05, 3.63) is 59.7 Å². The molecular formula is C25H28N2O5. The number of carboxylic acids is 1. The van der Waals surface area contributed by atoms with E-state index in [1.54, 1.807) is 0 Å². The maximum atomic E-state index is 13.0. The average Bonchev–Trinajstić information content (AvgIpc) is 3.40. The summed E-state index contributed by atoms with van der Waals surface area (Å²) in [6.45, 7) is 2.47. The summed E-state index contributed by atoms with van der Waals surface area (Å²) in [4.78, 5) is 38.4. The first-order chi connectivity index (χ1) is 15.5. The number of nitrogens with one attached hydrogen (secondary N) is 1. The summed E-state index contributed by atoms with van der Waals surface area (Å²) in [6, 6.07) is 14.5. The minimum Gasteiger partial charge on any atom is -0.480 e. The zero-order valence-corrected chi connectivity index (χ0v) is 18.1. The van der Waals surface area contributed by atoms with Gasteiger partial charge in [-0.2, -0.15) is 0 Å². The van der Waals surface area contributed by atoms with Gasteiger partial charge in [0.2, 0.25) is 5.91 Å². The normalized spacial score (nSPS) is 18.0.